The number of aliphatic imine (C=N–C) groups is 2. The fraction of sp³-hybridized carbons (Fsp3) is 0.0270. The van der Waals surface area contributed by atoms with E-state index in [0.29, 0.717) is 5.96 Å². The molecule has 198 valence electrons. The van der Waals surface area contributed by atoms with Crippen LogP contribution in [0.2, 0.25) is 0 Å². The van der Waals surface area contributed by atoms with Crippen molar-refractivity contribution >= 4 is 66.3 Å². The van der Waals surface area contributed by atoms with Gasteiger partial charge in [0.05, 0.1) is 11.0 Å². The molecule has 9 rings (SSSR count). The molecule has 1 unspecified atom stereocenters. The van der Waals surface area contributed by atoms with Gasteiger partial charge in [-0.1, -0.05) is 109 Å². The number of nitrogens with zero attached hydrogens (tertiary/aromatic N) is 3. The Morgan fingerprint density at radius 1 is 0.571 bits per heavy atom. The van der Waals surface area contributed by atoms with E-state index in [4.69, 9.17) is 14.4 Å². The molecule has 1 aliphatic rings. The van der Waals surface area contributed by atoms with Gasteiger partial charge in [0.25, 0.3) is 0 Å². The van der Waals surface area contributed by atoms with Crippen molar-refractivity contribution in [3.63, 3.8) is 0 Å². The van der Waals surface area contributed by atoms with Crippen LogP contribution >= 0.6 is 0 Å². The van der Waals surface area contributed by atoms with Crippen molar-refractivity contribution in [1.82, 2.24) is 9.88 Å². The van der Waals surface area contributed by atoms with E-state index in [1.165, 1.54) is 10.8 Å². The Balaban J connectivity index is 1.35. The van der Waals surface area contributed by atoms with Crippen molar-refractivity contribution in [2.24, 2.45) is 9.98 Å². The molecule has 8 aromatic rings. The molecule has 0 spiro atoms. The first kappa shape index (κ1) is 23.1. The lowest BCUT2D eigenvalue weighted by atomic mass is 9.99. The maximum Gasteiger partial charge on any atom is 0.234 e. The lowest BCUT2D eigenvalue weighted by Crippen LogP contribution is -2.35. The summed E-state index contributed by atoms with van der Waals surface area (Å²) in [6.07, 6.45) is -0.316. The molecule has 6 aromatic carbocycles. The molecule has 0 aliphatic carbocycles. The van der Waals surface area contributed by atoms with E-state index >= 15 is 0 Å². The van der Waals surface area contributed by atoms with Crippen LogP contribution in [0.3, 0.4) is 0 Å². The van der Waals surface area contributed by atoms with Crippen molar-refractivity contribution in [3.05, 3.63) is 145 Å². The van der Waals surface area contributed by atoms with Gasteiger partial charge in [-0.15, -0.1) is 0 Å². The number of aromatic nitrogens is 1. The Hall–Kier alpha value is -5.68. The molecule has 5 nitrogen and oxygen atoms in total. The van der Waals surface area contributed by atoms with E-state index in [1.54, 1.807) is 0 Å². The number of hydrogen-bond acceptors (Lipinski definition) is 4. The van der Waals surface area contributed by atoms with Gasteiger partial charge >= 0.3 is 0 Å². The van der Waals surface area contributed by atoms with Crippen LogP contribution in [-0.2, 0) is 0 Å². The molecule has 1 atom stereocenters. The number of rotatable bonds is 2. The Labute approximate surface area is 241 Å². The summed E-state index contributed by atoms with van der Waals surface area (Å²) in [7, 11) is 0. The minimum atomic E-state index is -0.316. The fourth-order valence-corrected chi connectivity index (χ4v) is 6.36. The van der Waals surface area contributed by atoms with Gasteiger partial charge in [-0.05, 0) is 35.2 Å². The number of benzene rings is 6. The quantitative estimate of drug-likeness (QED) is 0.238. The zero-order valence-corrected chi connectivity index (χ0v) is 22.5. The number of furan rings is 1. The van der Waals surface area contributed by atoms with Crippen molar-refractivity contribution in [2.75, 3.05) is 0 Å². The van der Waals surface area contributed by atoms with Crippen LogP contribution in [-0.4, -0.2) is 16.4 Å². The summed E-state index contributed by atoms with van der Waals surface area (Å²) in [6, 6.07) is 46.1. The number of hydrogen-bond donors (Lipinski definition) is 1. The highest BCUT2D eigenvalue weighted by atomic mass is 16.3. The van der Waals surface area contributed by atoms with E-state index in [9.17, 15) is 0 Å². The molecule has 5 heteroatoms. The molecule has 0 radical (unpaired) electrons. The molecule has 0 amide bonds. The van der Waals surface area contributed by atoms with Crippen LogP contribution in [0, 0.1) is 0 Å². The zero-order valence-electron chi connectivity index (χ0n) is 22.5. The monoisotopic (exact) mass is 540 g/mol. The van der Waals surface area contributed by atoms with E-state index in [2.05, 4.69) is 125 Å². The van der Waals surface area contributed by atoms with Gasteiger partial charge in [-0.2, -0.15) is 4.99 Å². The molecule has 0 bridgehead atoms. The molecule has 0 fully saturated rings. The summed E-state index contributed by atoms with van der Waals surface area (Å²) in [5.74, 6) is 1.43. The molecule has 3 heterocycles. The molecule has 1 aliphatic heterocycles. The highest BCUT2D eigenvalue weighted by Gasteiger charge is 2.25. The summed E-state index contributed by atoms with van der Waals surface area (Å²) in [4.78, 5) is 10.5. The first-order chi connectivity index (χ1) is 20.8. The number of fused-ring (bicyclic) bond motifs is 8. The van der Waals surface area contributed by atoms with E-state index < -0.39 is 0 Å². The first-order valence-electron chi connectivity index (χ1n) is 14.1. The van der Waals surface area contributed by atoms with Crippen molar-refractivity contribution in [1.29, 1.82) is 0 Å². The maximum atomic E-state index is 6.39. The van der Waals surface area contributed by atoms with Crippen LogP contribution in [0.1, 0.15) is 17.3 Å². The van der Waals surface area contributed by atoms with Gasteiger partial charge in [-0.25, -0.2) is 4.99 Å². The van der Waals surface area contributed by atoms with Crippen molar-refractivity contribution in [2.45, 2.75) is 6.17 Å². The molecule has 2 aromatic heterocycles. The third-order valence-corrected chi connectivity index (χ3v) is 8.26. The molecular formula is C37H24N4O. The second-order valence-electron chi connectivity index (χ2n) is 10.7. The van der Waals surface area contributed by atoms with Crippen LogP contribution in [0.5, 0.6) is 0 Å². The Kier molecular flexibility index (Phi) is 4.90. The van der Waals surface area contributed by atoms with Gasteiger partial charge in [0.15, 0.2) is 0 Å². The second-order valence-corrected chi connectivity index (χ2v) is 10.7. The van der Waals surface area contributed by atoms with Crippen LogP contribution in [0.25, 0.3) is 54.5 Å². The first-order valence-corrected chi connectivity index (χ1v) is 14.1. The number of para-hydroxylation sites is 3. The molecule has 0 saturated heterocycles. The standard InChI is InChI=1S/C37H24N4O/c1-2-12-23(13-3-1)35-38-36(40-37(39-35)41-31-19-9-6-15-25(31)26-16-7-10-20-32(26)41)30-22-29-27-17-8-11-21-33(27)42-34(29)28-18-5-4-14-24(28)30/h1-22,35H,(H,38,39,40). The lowest BCUT2D eigenvalue weighted by molar-refractivity contribution is 0.668. The second kappa shape index (κ2) is 8.91. The van der Waals surface area contributed by atoms with Crippen molar-refractivity contribution in [3.8, 4) is 0 Å². The largest absolute Gasteiger partial charge is 0.455 e. The molecular weight excluding hydrogens is 516 g/mol. The van der Waals surface area contributed by atoms with Crippen LogP contribution in [0.15, 0.2) is 148 Å². The predicted octanol–water partition coefficient (Wildman–Crippen LogP) is 8.80. The van der Waals surface area contributed by atoms with Gasteiger partial charge < -0.3 is 9.73 Å². The van der Waals surface area contributed by atoms with E-state index in [1.807, 2.05) is 18.2 Å². The minimum Gasteiger partial charge on any atom is -0.455 e. The van der Waals surface area contributed by atoms with Gasteiger partial charge in [0.1, 0.15) is 23.2 Å². The average molecular weight is 541 g/mol. The zero-order chi connectivity index (χ0) is 27.6. The highest BCUT2D eigenvalue weighted by Crippen LogP contribution is 2.37. The van der Waals surface area contributed by atoms with E-state index in [-0.39, 0.29) is 6.17 Å². The maximum absolute atomic E-state index is 6.39. The summed E-state index contributed by atoms with van der Waals surface area (Å²) in [6.45, 7) is 0. The van der Waals surface area contributed by atoms with E-state index in [0.717, 1.165) is 60.7 Å². The number of amidine groups is 1. The molecule has 1 N–H and O–H groups in total. The minimum absolute atomic E-state index is 0.316. The van der Waals surface area contributed by atoms with Gasteiger partial charge in [-0.3, -0.25) is 4.57 Å². The third kappa shape index (κ3) is 3.37. The Morgan fingerprint density at radius 2 is 1.17 bits per heavy atom. The van der Waals surface area contributed by atoms with Gasteiger partial charge in [0, 0.05) is 32.5 Å². The normalized spacial score (nSPS) is 15.4. The predicted molar refractivity (Wildman–Crippen MR) is 172 cm³/mol. The summed E-state index contributed by atoms with van der Waals surface area (Å²) < 4.78 is 8.58. The summed E-state index contributed by atoms with van der Waals surface area (Å²) in [5, 5.41) is 10.3. The smallest absolute Gasteiger partial charge is 0.234 e. The fourth-order valence-electron chi connectivity index (χ4n) is 6.36. The molecule has 42 heavy (non-hydrogen) atoms. The average Bonchev–Trinajstić information content (AvgIpc) is 3.61. The van der Waals surface area contributed by atoms with Crippen LogP contribution in [0.4, 0.5) is 0 Å². The topological polar surface area (TPSA) is 54.8 Å². The third-order valence-electron chi connectivity index (χ3n) is 8.26. The van der Waals surface area contributed by atoms with Crippen molar-refractivity contribution < 1.29 is 4.42 Å². The summed E-state index contributed by atoms with van der Waals surface area (Å²) in [5.41, 5.74) is 6.01. The lowest BCUT2D eigenvalue weighted by Gasteiger charge is -2.25. The van der Waals surface area contributed by atoms with Crippen LogP contribution < -0.4 is 5.32 Å². The number of nitrogens with one attached hydrogen (secondary N) is 1. The Bertz CT molecular complexity index is 2340. The SMILES string of the molecule is c1ccc(C2N=C(n3c4ccccc4c4ccccc43)N=C(c3cc4c5ccccc5oc4c4ccccc34)N2)cc1. The Morgan fingerprint density at radius 3 is 1.90 bits per heavy atom. The highest BCUT2D eigenvalue weighted by molar-refractivity contribution is 6.24. The summed E-state index contributed by atoms with van der Waals surface area (Å²) >= 11 is 0. The molecule has 0 saturated carbocycles. The van der Waals surface area contributed by atoms with Gasteiger partial charge in [0.2, 0.25) is 5.96 Å².